The monoisotopic (exact) mass is 309 g/mol. The summed E-state index contributed by atoms with van der Waals surface area (Å²) in [5.74, 6) is 0.641. The van der Waals surface area contributed by atoms with Crippen molar-refractivity contribution >= 4 is 5.91 Å². The highest BCUT2D eigenvalue weighted by atomic mass is 16.5. The molecule has 0 saturated carbocycles. The van der Waals surface area contributed by atoms with Crippen LogP contribution in [0.15, 0.2) is 4.52 Å². The van der Waals surface area contributed by atoms with Gasteiger partial charge in [0, 0.05) is 30.0 Å². The van der Waals surface area contributed by atoms with Crippen LogP contribution in [0.4, 0.5) is 0 Å². The maximum Gasteiger partial charge on any atom is 0.273 e. The third-order valence-electron chi connectivity index (χ3n) is 4.86. The molecule has 1 amide bonds. The molecule has 0 aromatic carbocycles. The van der Waals surface area contributed by atoms with Crippen molar-refractivity contribution in [3.63, 3.8) is 0 Å². The van der Waals surface area contributed by atoms with Gasteiger partial charge in [0.25, 0.3) is 5.91 Å². The van der Waals surface area contributed by atoms with Gasteiger partial charge in [-0.05, 0) is 40.8 Å². The molecule has 126 valence electrons. The fraction of sp³-hybridized carbons (Fsp3) is 0.765. The second-order valence-electron chi connectivity index (χ2n) is 6.44. The molecule has 0 spiro atoms. The maximum absolute atomic E-state index is 12.5. The van der Waals surface area contributed by atoms with E-state index in [4.69, 9.17) is 4.52 Å². The van der Waals surface area contributed by atoms with Crippen LogP contribution in [-0.2, 0) is 6.42 Å². The maximum atomic E-state index is 12.5. The molecule has 0 fully saturated rings. The van der Waals surface area contributed by atoms with Gasteiger partial charge in [-0.3, -0.25) is 4.79 Å². The number of hydrogen-bond acceptors (Lipinski definition) is 4. The highest BCUT2D eigenvalue weighted by Crippen LogP contribution is 2.31. The number of carbonyl (C=O) groups excluding carboxylic acids is 1. The normalized spacial score (nSPS) is 13.5. The van der Waals surface area contributed by atoms with Crippen molar-refractivity contribution < 1.29 is 9.32 Å². The average molecular weight is 309 g/mol. The second-order valence-corrected chi connectivity index (χ2v) is 6.44. The molecule has 0 aliphatic rings. The lowest BCUT2D eigenvalue weighted by Gasteiger charge is -2.40. The van der Waals surface area contributed by atoms with Gasteiger partial charge >= 0.3 is 0 Å². The Hall–Kier alpha value is -1.36. The number of rotatable bonds is 8. The van der Waals surface area contributed by atoms with E-state index in [1.165, 1.54) is 0 Å². The Morgan fingerprint density at radius 1 is 1.32 bits per heavy atom. The minimum Gasteiger partial charge on any atom is -0.360 e. The molecule has 1 unspecified atom stereocenters. The van der Waals surface area contributed by atoms with Crippen LogP contribution in [0.2, 0.25) is 0 Å². The molecule has 0 radical (unpaired) electrons. The summed E-state index contributed by atoms with van der Waals surface area (Å²) in [6.07, 6.45) is 2.78. The van der Waals surface area contributed by atoms with E-state index in [-0.39, 0.29) is 17.4 Å². The zero-order valence-electron chi connectivity index (χ0n) is 15.1. The highest BCUT2D eigenvalue weighted by molar-refractivity contribution is 5.93. The molecular formula is C17H31N3O2. The van der Waals surface area contributed by atoms with E-state index in [2.05, 4.69) is 50.2 Å². The third kappa shape index (κ3) is 3.88. The number of aromatic nitrogens is 1. The zero-order chi connectivity index (χ0) is 16.9. The molecule has 5 heteroatoms. The molecule has 22 heavy (non-hydrogen) atoms. The van der Waals surface area contributed by atoms with E-state index in [1.54, 1.807) is 0 Å². The van der Waals surface area contributed by atoms with Crippen LogP contribution >= 0.6 is 0 Å². The number of carbonyl (C=O) groups is 1. The quantitative estimate of drug-likeness (QED) is 0.802. The van der Waals surface area contributed by atoms with Gasteiger partial charge in [-0.2, -0.15) is 0 Å². The Bertz CT molecular complexity index is 490. The van der Waals surface area contributed by atoms with Gasteiger partial charge in [0.2, 0.25) is 0 Å². The lowest BCUT2D eigenvalue weighted by Crippen LogP contribution is -2.50. The Kier molecular flexibility index (Phi) is 6.60. The number of hydrogen-bond donors (Lipinski definition) is 1. The van der Waals surface area contributed by atoms with Crippen molar-refractivity contribution in [3.05, 3.63) is 17.0 Å². The van der Waals surface area contributed by atoms with Gasteiger partial charge in [0.05, 0.1) is 0 Å². The van der Waals surface area contributed by atoms with Gasteiger partial charge < -0.3 is 14.7 Å². The molecule has 1 atom stereocenters. The summed E-state index contributed by atoms with van der Waals surface area (Å²) in [5, 5.41) is 7.07. The predicted octanol–water partition coefficient (Wildman–Crippen LogP) is 3.03. The van der Waals surface area contributed by atoms with E-state index in [1.807, 2.05) is 13.8 Å². The number of amides is 1. The number of aryl methyl sites for hydroxylation is 1. The zero-order valence-corrected chi connectivity index (χ0v) is 15.1. The molecule has 1 rings (SSSR count). The van der Waals surface area contributed by atoms with Crippen LogP contribution < -0.4 is 5.32 Å². The molecule has 1 aromatic heterocycles. The molecule has 1 N–H and O–H groups in total. The molecule has 1 heterocycles. The minimum atomic E-state index is -0.140. The molecule has 0 bridgehead atoms. The van der Waals surface area contributed by atoms with Gasteiger partial charge in [-0.1, -0.05) is 25.9 Å². The van der Waals surface area contributed by atoms with Gasteiger partial charge in [-0.25, -0.2) is 0 Å². The van der Waals surface area contributed by atoms with Gasteiger partial charge in [0.15, 0.2) is 5.69 Å². The van der Waals surface area contributed by atoms with Crippen LogP contribution in [0.3, 0.4) is 0 Å². The summed E-state index contributed by atoms with van der Waals surface area (Å²) >= 11 is 0. The SMILES string of the molecule is CCc1onc(C(=O)NC(C)C(CC)(CC)CN(C)C)c1C. The molecule has 0 aliphatic heterocycles. The fourth-order valence-corrected chi connectivity index (χ4v) is 3.18. The van der Waals surface area contributed by atoms with Crippen LogP contribution in [0.1, 0.15) is 62.3 Å². The summed E-state index contributed by atoms with van der Waals surface area (Å²) in [5.41, 5.74) is 1.32. The first-order valence-corrected chi connectivity index (χ1v) is 8.22. The van der Waals surface area contributed by atoms with E-state index in [0.29, 0.717) is 5.69 Å². The lowest BCUT2D eigenvalue weighted by molar-refractivity contribution is 0.0818. The predicted molar refractivity (Wildman–Crippen MR) is 89.1 cm³/mol. The van der Waals surface area contributed by atoms with Crippen LogP contribution in [0, 0.1) is 12.3 Å². The first-order chi connectivity index (χ1) is 10.3. The largest absolute Gasteiger partial charge is 0.360 e. The summed E-state index contributed by atoms with van der Waals surface area (Å²) < 4.78 is 5.23. The van der Waals surface area contributed by atoms with Gasteiger partial charge in [0.1, 0.15) is 5.76 Å². The Morgan fingerprint density at radius 3 is 2.32 bits per heavy atom. The van der Waals surface area contributed by atoms with E-state index < -0.39 is 0 Å². The molecule has 0 aliphatic carbocycles. The summed E-state index contributed by atoms with van der Waals surface area (Å²) in [6.45, 7) is 11.3. The Morgan fingerprint density at radius 2 is 1.91 bits per heavy atom. The minimum absolute atomic E-state index is 0.0599. The van der Waals surface area contributed by atoms with Crippen LogP contribution in [0.5, 0.6) is 0 Å². The van der Waals surface area contributed by atoms with Crippen molar-refractivity contribution in [1.82, 2.24) is 15.4 Å². The van der Waals surface area contributed by atoms with Crippen molar-refractivity contribution in [3.8, 4) is 0 Å². The van der Waals surface area contributed by atoms with Crippen molar-refractivity contribution in [2.24, 2.45) is 5.41 Å². The smallest absolute Gasteiger partial charge is 0.273 e. The van der Waals surface area contributed by atoms with Crippen molar-refractivity contribution in [2.45, 2.75) is 59.9 Å². The van der Waals surface area contributed by atoms with Crippen LogP contribution in [0.25, 0.3) is 0 Å². The lowest BCUT2D eigenvalue weighted by atomic mass is 9.75. The standard InChI is InChI=1S/C17H31N3O2/c1-8-14-12(4)15(19-22-14)16(21)18-13(5)17(9-2,10-3)11-20(6)7/h13H,8-11H2,1-7H3,(H,18,21). The number of nitrogens with zero attached hydrogens (tertiary/aromatic N) is 2. The molecular weight excluding hydrogens is 278 g/mol. The second kappa shape index (κ2) is 7.77. The Balaban J connectivity index is 2.90. The third-order valence-corrected chi connectivity index (χ3v) is 4.86. The molecule has 0 saturated heterocycles. The van der Waals surface area contributed by atoms with Gasteiger partial charge in [-0.15, -0.1) is 0 Å². The van der Waals surface area contributed by atoms with E-state index in [0.717, 1.165) is 37.1 Å². The van der Waals surface area contributed by atoms with Crippen molar-refractivity contribution in [1.29, 1.82) is 0 Å². The van der Waals surface area contributed by atoms with E-state index >= 15 is 0 Å². The Labute approximate surface area is 134 Å². The first kappa shape index (κ1) is 18.7. The molecule has 1 aromatic rings. The number of nitrogens with one attached hydrogen (secondary N) is 1. The summed E-state index contributed by atoms with van der Waals surface area (Å²) in [7, 11) is 4.15. The van der Waals surface area contributed by atoms with Crippen LogP contribution in [-0.4, -0.2) is 42.6 Å². The highest BCUT2D eigenvalue weighted by Gasteiger charge is 2.35. The topological polar surface area (TPSA) is 58.4 Å². The fourth-order valence-electron chi connectivity index (χ4n) is 3.18. The average Bonchev–Trinajstić information content (AvgIpc) is 2.85. The summed E-state index contributed by atoms with van der Waals surface area (Å²) in [4.78, 5) is 14.7. The van der Waals surface area contributed by atoms with E-state index in [9.17, 15) is 4.79 Å². The molecule has 5 nitrogen and oxygen atoms in total. The summed E-state index contributed by atoms with van der Waals surface area (Å²) in [6, 6.07) is 0.0681. The van der Waals surface area contributed by atoms with Crippen molar-refractivity contribution in [2.75, 3.05) is 20.6 Å². The first-order valence-electron chi connectivity index (χ1n) is 8.22.